The van der Waals surface area contributed by atoms with Crippen LogP contribution >= 0.6 is 0 Å². The maximum atomic E-state index is 11.7. The van der Waals surface area contributed by atoms with Gasteiger partial charge < -0.3 is 10.4 Å². The van der Waals surface area contributed by atoms with Crippen molar-refractivity contribution in [1.29, 1.82) is 0 Å². The van der Waals surface area contributed by atoms with Gasteiger partial charge in [0.25, 0.3) is 0 Å². The van der Waals surface area contributed by atoms with E-state index in [1.54, 1.807) is 0 Å². The highest BCUT2D eigenvalue weighted by atomic mass is 16.4. The number of hydrogen-bond acceptors (Lipinski definition) is 2. The first kappa shape index (κ1) is 11.4. The maximum Gasteiger partial charge on any atom is 0.308 e. The molecule has 0 aromatic carbocycles. The van der Waals surface area contributed by atoms with Gasteiger partial charge in [0.05, 0.1) is 5.92 Å². The maximum absolute atomic E-state index is 11.7. The van der Waals surface area contributed by atoms with E-state index in [0.29, 0.717) is 18.8 Å². The minimum atomic E-state index is -0.772. The normalized spacial score (nSPS) is 29.8. The molecule has 0 aromatic heterocycles. The van der Waals surface area contributed by atoms with Crippen molar-refractivity contribution in [3.63, 3.8) is 0 Å². The van der Waals surface area contributed by atoms with E-state index in [9.17, 15) is 9.59 Å². The van der Waals surface area contributed by atoms with Gasteiger partial charge in [-0.15, -0.1) is 0 Å². The molecule has 2 rings (SSSR count). The second-order valence-corrected chi connectivity index (χ2v) is 5.05. The molecule has 0 heterocycles. The van der Waals surface area contributed by atoms with Crippen LogP contribution in [0.15, 0.2) is 0 Å². The number of carbonyl (C=O) groups is 2. The van der Waals surface area contributed by atoms with Gasteiger partial charge in [-0.2, -0.15) is 0 Å². The summed E-state index contributed by atoms with van der Waals surface area (Å²) in [5.74, 6) is -0.552. The van der Waals surface area contributed by atoms with Crippen LogP contribution in [0.2, 0.25) is 0 Å². The van der Waals surface area contributed by atoms with Crippen molar-refractivity contribution in [1.82, 2.24) is 5.32 Å². The third-order valence-corrected chi connectivity index (χ3v) is 3.88. The molecule has 0 radical (unpaired) electrons. The summed E-state index contributed by atoms with van der Waals surface area (Å²) in [6.07, 6.45) is 6.55. The zero-order chi connectivity index (χ0) is 11.5. The molecule has 0 aliphatic heterocycles. The lowest BCUT2D eigenvalue weighted by molar-refractivity contribution is -0.142. The summed E-state index contributed by atoms with van der Waals surface area (Å²) in [5, 5.41) is 11.9. The number of nitrogens with one attached hydrogen (secondary N) is 1. The summed E-state index contributed by atoms with van der Waals surface area (Å²) in [7, 11) is 0. The minimum Gasteiger partial charge on any atom is -0.481 e. The van der Waals surface area contributed by atoms with Crippen molar-refractivity contribution in [2.24, 2.45) is 11.8 Å². The molecule has 0 spiro atoms. The van der Waals surface area contributed by atoms with Gasteiger partial charge in [0.2, 0.25) is 5.91 Å². The van der Waals surface area contributed by atoms with Gasteiger partial charge in [-0.25, -0.2) is 0 Å². The summed E-state index contributed by atoms with van der Waals surface area (Å²) in [6.45, 7) is 0. The number of carboxylic acids is 1. The lowest BCUT2D eigenvalue weighted by atomic mass is 9.83. The molecule has 0 aromatic rings. The second kappa shape index (κ2) is 4.85. The smallest absolute Gasteiger partial charge is 0.308 e. The molecule has 4 heteroatoms. The predicted molar refractivity (Wildman–Crippen MR) is 58.9 cm³/mol. The van der Waals surface area contributed by atoms with Crippen molar-refractivity contribution >= 4 is 11.9 Å². The number of hydrogen-bond donors (Lipinski definition) is 2. The fraction of sp³-hybridized carbons (Fsp3) is 0.833. The molecule has 0 bridgehead atoms. The molecule has 2 unspecified atom stereocenters. The standard InChI is InChI=1S/C12H19NO3/c14-11(7-8-3-1-4-8)13-10-6-2-5-9(10)12(15)16/h8-10H,1-7H2,(H,13,14)(H,15,16). The first-order valence-corrected chi connectivity index (χ1v) is 6.19. The van der Waals surface area contributed by atoms with Crippen LogP contribution in [-0.4, -0.2) is 23.0 Å². The van der Waals surface area contributed by atoms with E-state index in [4.69, 9.17) is 5.11 Å². The van der Waals surface area contributed by atoms with E-state index in [1.807, 2.05) is 0 Å². The van der Waals surface area contributed by atoms with Gasteiger partial charge in [0.15, 0.2) is 0 Å². The number of aliphatic carboxylic acids is 1. The number of amides is 1. The molecule has 2 N–H and O–H groups in total. The zero-order valence-corrected chi connectivity index (χ0v) is 9.45. The largest absolute Gasteiger partial charge is 0.481 e. The molecule has 1 amide bonds. The summed E-state index contributed by atoms with van der Waals surface area (Å²) in [6, 6.07) is -0.134. The SMILES string of the molecule is O=C(CC1CCC1)NC1CCCC1C(=O)O. The van der Waals surface area contributed by atoms with Crippen LogP contribution in [0.1, 0.15) is 44.9 Å². The van der Waals surface area contributed by atoms with Gasteiger partial charge in [0.1, 0.15) is 0 Å². The number of rotatable bonds is 4. The number of carbonyl (C=O) groups excluding carboxylic acids is 1. The zero-order valence-electron chi connectivity index (χ0n) is 9.45. The molecule has 2 aliphatic carbocycles. The molecular weight excluding hydrogens is 206 g/mol. The van der Waals surface area contributed by atoms with Gasteiger partial charge in [-0.05, 0) is 31.6 Å². The van der Waals surface area contributed by atoms with Crippen molar-refractivity contribution in [2.45, 2.75) is 51.0 Å². The van der Waals surface area contributed by atoms with Gasteiger partial charge in [0, 0.05) is 12.5 Å². The average Bonchev–Trinajstić information content (AvgIpc) is 2.59. The molecule has 2 fully saturated rings. The van der Waals surface area contributed by atoms with Crippen LogP contribution in [0.4, 0.5) is 0 Å². The van der Waals surface area contributed by atoms with Crippen LogP contribution < -0.4 is 5.32 Å². The fourth-order valence-corrected chi connectivity index (χ4v) is 2.65. The Morgan fingerprint density at radius 2 is 1.81 bits per heavy atom. The Labute approximate surface area is 95.4 Å². The monoisotopic (exact) mass is 225 g/mol. The van der Waals surface area contributed by atoms with E-state index in [0.717, 1.165) is 25.7 Å². The Hall–Kier alpha value is -1.06. The van der Waals surface area contributed by atoms with Gasteiger partial charge in [-0.3, -0.25) is 9.59 Å². The highest BCUT2D eigenvalue weighted by molar-refractivity contribution is 5.78. The number of carboxylic acid groups (broad SMARTS) is 1. The van der Waals surface area contributed by atoms with Gasteiger partial charge in [-0.1, -0.05) is 12.8 Å². The topological polar surface area (TPSA) is 66.4 Å². The molecule has 0 saturated heterocycles. The molecule has 90 valence electrons. The van der Waals surface area contributed by atoms with Crippen molar-refractivity contribution in [3.8, 4) is 0 Å². The summed E-state index contributed by atoms with van der Waals surface area (Å²) < 4.78 is 0. The molecule has 2 atom stereocenters. The lowest BCUT2D eigenvalue weighted by Gasteiger charge is -2.26. The van der Waals surface area contributed by atoms with E-state index in [2.05, 4.69) is 5.32 Å². The Morgan fingerprint density at radius 1 is 1.12 bits per heavy atom. The minimum absolute atomic E-state index is 0.0443. The first-order valence-electron chi connectivity index (χ1n) is 6.19. The van der Waals surface area contributed by atoms with Crippen LogP contribution in [0.3, 0.4) is 0 Å². The van der Waals surface area contributed by atoms with Crippen molar-refractivity contribution < 1.29 is 14.7 Å². The molecule has 2 aliphatic rings. The molecule has 16 heavy (non-hydrogen) atoms. The van der Waals surface area contributed by atoms with E-state index < -0.39 is 5.97 Å². The third-order valence-electron chi connectivity index (χ3n) is 3.88. The van der Waals surface area contributed by atoms with Crippen molar-refractivity contribution in [3.05, 3.63) is 0 Å². The summed E-state index contributed by atoms with van der Waals surface area (Å²) in [5.41, 5.74) is 0. The summed E-state index contributed by atoms with van der Waals surface area (Å²) >= 11 is 0. The molecule has 4 nitrogen and oxygen atoms in total. The van der Waals surface area contributed by atoms with Gasteiger partial charge >= 0.3 is 5.97 Å². The first-order chi connectivity index (χ1) is 7.66. The van der Waals surface area contributed by atoms with Crippen LogP contribution in [0.25, 0.3) is 0 Å². The van der Waals surface area contributed by atoms with Crippen molar-refractivity contribution in [2.75, 3.05) is 0 Å². The Balaban J connectivity index is 1.78. The molecule has 2 saturated carbocycles. The highest BCUT2D eigenvalue weighted by Gasteiger charge is 2.34. The van der Waals surface area contributed by atoms with Crippen LogP contribution in [0.5, 0.6) is 0 Å². The Kier molecular flexibility index (Phi) is 3.46. The quantitative estimate of drug-likeness (QED) is 0.762. The third kappa shape index (κ3) is 2.54. The second-order valence-electron chi connectivity index (χ2n) is 5.05. The predicted octanol–water partition coefficient (Wildman–Crippen LogP) is 1.55. The Morgan fingerprint density at radius 3 is 2.38 bits per heavy atom. The summed E-state index contributed by atoms with van der Waals surface area (Å²) in [4.78, 5) is 22.6. The van der Waals surface area contributed by atoms with E-state index in [1.165, 1.54) is 6.42 Å². The average molecular weight is 225 g/mol. The van der Waals surface area contributed by atoms with E-state index >= 15 is 0 Å². The van der Waals surface area contributed by atoms with Crippen LogP contribution in [-0.2, 0) is 9.59 Å². The molecular formula is C12H19NO3. The highest BCUT2D eigenvalue weighted by Crippen LogP contribution is 2.30. The Bertz CT molecular complexity index is 286. The lowest BCUT2D eigenvalue weighted by Crippen LogP contribution is -2.41. The fourth-order valence-electron chi connectivity index (χ4n) is 2.65. The van der Waals surface area contributed by atoms with Crippen LogP contribution in [0, 0.1) is 11.8 Å². The van der Waals surface area contributed by atoms with E-state index in [-0.39, 0.29) is 17.9 Å².